The molecule has 0 saturated heterocycles. The number of allylic oxidation sites excluding steroid dienone is 2. The zero-order chi connectivity index (χ0) is 19.5. The quantitative estimate of drug-likeness (QED) is 0.561. The number of aryl methyl sites for hydroxylation is 4. The lowest BCUT2D eigenvalue weighted by Crippen LogP contribution is -2.03. The Bertz CT molecular complexity index is 981. The lowest BCUT2D eigenvalue weighted by Gasteiger charge is -2.18. The van der Waals surface area contributed by atoms with Gasteiger partial charge in [-0.1, -0.05) is 79.7 Å². The highest BCUT2D eigenvalue weighted by Crippen LogP contribution is 2.35. The third kappa shape index (κ3) is 3.89. The number of phenols is 1. The molecule has 0 amide bonds. The summed E-state index contributed by atoms with van der Waals surface area (Å²) in [5.41, 5.74) is 8.47. The molecule has 4 bridgehead atoms. The summed E-state index contributed by atoms with van der Waals surface area (Å²) in [5.74, 6) is 0.782. The number of aromatic hydroxyl groups is 1. The third-order valence-corrected chi connectivity index (χ3v) is 5.96. The normalized spacial score (nSPS) is 15.1. The van der Waals surface area contributed by atoms with E-state index in [1.54, 1.807) is 0 Å². The van der Waals surface area contributed by atoms with Crippen molar-refractivity contribution in [1.29, 1.82) is 0 Å². The van der Waals surface area contributed by atoms with Crippen LogP contribution in [0.5, 0.6) is 5.75 Å². The lowest BCUT2D eigenvalue weighted by atomic mass is 9.88. The van der Waals surface area contributed by atoms with Crippen molar-refractivity contribution in [2.45, 2.75) is 45.4 Å². The second kappa shape index (κ2) is 8.06. The van der Waals surface area contributed by atoms with Crippen LogP contribution in [-0.4, -0.2) is 5.11 Å². The largest absolute Gasteiger partial charge is 0.507 e. The molecule has 3 aromatic rings. The predicted octanol–water partition coefficient (Wildman–Crippen LogP) is 6.48. The van der Waals surface area contributed by atoms with Crippen molar-refractivity contribution >= 4 is 5.57 Å². The summed E-state index contributed by atoms with van der Waals surface area (Å²) in [6.07, 6.45) is 6.04. The maximum absolute atomic E-state index is 11.1. The molecule has 1 nitrogen and oxygen atoms in total. The van der Waals surface area contributed by atoms with Crippen molar-refractivity contribution in [2.75, 3.05) is 0 Å². The Morgan fingerprint density at radius 1 is 0.786 bits per heavy atom. The first kappa shape index (κ1) is 18.6. The van der Waals surface area contributed by atoms with Gasteiger partial charge in [0.2, 0.25) is 0 Å². The molecule has 0 aliphatic heterocycles. The molecule has 4 aliphatic carbocycles. The maximum atomic E-state index is 11.1. The Labute approximate surface area is 168 Å². The van der Waals surface area contributed by atoms with Crippen LogP contribution in [-0.2, 0) is 25.7 Å². The van der Waals surface area contributed by atoms with Crippen LogP contribution in [0, 0.1) is 0 Å². The fourth-order valence-electron chi connectivity index (χ4n) is 4.27. The van der Waals surface area contributed by atoms with E-state index in [1.807, 2.05) is 0 Å². The number of benzene rings is 3. The summed E-state index contributed by atoms with van der Waals surface area (Å²) < 4.78 is 0. The molecular formula is C27H28O. The van der Waals surface area contributed by atoms with E-state index in [2.05, 4.69) is 86.7 Å². The van der Waals surface area contributed by atoms with E-state index in [9.17, 15) is 5.11 Å². The van der Waals surface area contributed by atoms with Crippen LogP contribution in [0.2, 0.25) is 0 Å². The summed E-state index contributed by atoms with van der Waals surface area (Å²) in [6, 6.07) is 23.9. The van der Waals surface area contributed by atoms with Gasteiger partial charge in [0, 0.05) is 5.56 Å². The van der Waals surface area contributed by atoms with Gasteiger partial charge in [-0.15, -0.1) is 0 Å². The molecule has 1 atom stereocenters. The third-order valence-electron chi connectivity index (χ3n) is 5.96. The molecule has 0 saturated carbocycles. The minimum atomic E-state index is 0.308. The standard InChI is InChI=1S/C27H28O/c1-19(23-6-4-3-5-7-23)18-20(2)26-24-14-12-21-8-10-22(11-9-21)13-15-25(17-16-24)27(26)28/h3-11,16-19,28H,12-15H2,1-2H3/t19-/m1/s1. The van der Waals surface area contributed by atoms with E-state index in [0.29, 0.717) is 11.7 Å². The van der Waals surface area contributed by atoms with Gasteiger partial charge in [-0.05, 0) is 71.9 Å². The zero-order valence-electron chi connectivity index (χ0n) is 16.8. The second-order valence-electron chi connectivity index (χ2n) is 7.97. The molecule has 0 spiro atoms. The van der Waals surface area contributed by atoms with Crippen LogP contribution >= 0.6 is 0 Å². The molecule has 4 aliphatic rings. The predicted molar refractivity (Wildman–Crippen MR) is 118 cm³/mol. The van der Waals surface area contributed by atoms with E-state index in [1.165, 1.54) is 22.3 Å². The van der Waals surface area contributed by atoms with Crippen molar-refractivity contribution in [3.05, 3.63) is 106 Å². The molecule has 0 aromatic heterocycles. The highest BCUT2D eigenvalue weighted by atomic mass is 16.3. The molecule has 3 aromatic carbocycles. The van der Waals surface area contributed by atoms with E-state index in [-0.39, 0.29) is 0 Å². The molecule has 7 rings (SSSR count). The molecule has 142 valence electrons. The number of rotatable bonds is 3. The first-order valence-electron chi connectivity index (χ1n) is 10.3. The van der Waals surface area contributed by atoms with Gasteiger partial charge in [-0.2, -0.15) is 0 Å². The molecular weight excluding hydrogens is 340 g/mol. The zero-order valence-corrected chi connectivity index (χ0v) is 16.8. The summed E-state index contributed by atoms with van der Waals surface area (Å²) in [6.45, 7) is 4.36. The topological polar surface area (TPSA) is 20.2 Å². The summed E-state index contributed by atoms with van der Waals surface area (Å²) >= 11 is 0. The average Bonchev–Trinajstić information content (AvgIpc) is 2.71. The van der Waals surface area contributed by atoms with E-state index >= 15 is 0 Å². The molecule has 28 heavy (non-hydrogen) atoms. The number of hydrogen-bond donors (Lipinski definition) is 1. The second-order valence-corrected chi connectivity index (χ2v) is 7.97. The van der Waals surface area contributed by atoms with Gasteiger partial charge in [0.1, 0.15) is 5.75 Å². The van der Waals surface area contributed by atoms with Gasteiger partial charge >= 0.3 is 0 Å². The van der Waals surface area contributed by atoms with E-state index in [0.717, 1.165) is 42.4 Å². The van der Waals surface area contributed by atoms with Gasteiger partial charge in [0.05, 0.1) is 0 Å². The molecule has 0 heterocycles. The Hall–Kier alpha value is -2.80. The van der Waals surface area contributed by atoms with Crippen LogP contribution in [0.25, 0.3) is 5.57 Å². The highest BCUT2D eigenvalue weighted by Gasteiger charge is 2.16. The Morgan fingerprint density at radius 2 is 1.36 bits per heavy atom. The van der Waals surface area contributed by atoms with Crippen molar-refractivity contribution in [1.82, 2.24) is 0 Å². The van der Waals surface area contributed by atoms with E-state index in [4.69, 9.17) is 0 Å². The smallest absolute Gasteiger partial charge is 0.126 e. The Morgan fingerprint density at radius 3 is 2.00 bits per heavy atom. The maximum Gasteiger partial charge on any atom is 0.126 e. The lowest BCUT2D eigenvalue weighted by molar-refractivity contribution is 0.465. The molecule has 1 heteroatoms. The SMILES string of the molecule is CC(=C[C@@H](C)c1ccccc1)c1c2ccc(c1O)CCc1ccc(cc1)CC2. The summed E-state index contributed by atoms with van der Waals surface area (Å²) in [5, 5.41) is 11.1. The molecule has 0 fully saturated rings. The van der Waals surface area contributed by atoms with Gasteiger partial charge in [-0.3, -0.25) is 0 Å². The molecule has 0 radical (unpaired) electrons. The van der Waals surface area contributed by atoms with Crippen molar-refractivity contribution in [3.8, 4) is 5.75 Å². The first-order chi connectivity index (χ1) is 13.6. The first-order valence-corrected chi connectivity index (χ1v) is 10.3. The minimum Gasteiger partial charge on any atom is -0.507 e. The van der Waals surface area contributed by atoms with Crippen LogP contribution in [0.1, 0.15) is 53.1 Å². The van der Waals surface area contributed by atoms with Gasteiger partial charge in [0.25, 0.3) is 0 Å². The highest BCUT2D eigenvalue weighted by molar-refractivity contribution is 5.74. The van der Waals surface area contributed by atoms with Crippen molar-refractivity contribution < 1.29 is 5.11 Å². The van der Waals surface area contributed by atoms with Gasteiger partial charge < -0.3 is 5.11 Å². The van der Waals surface area contributed by atoms with Gasteiger partial charge in [-0.25, -0.2) is 0 Å². The monoisotopic (exact) mass is 368 g/mol. The van der Waals surface area contributed by atoms with Crippen molar-refractivity contribution in [2.24, 2.45) is 0 Å². The van der Waals surface area contributed by atoms with Gasteiger partial charge in [0.15, 0.2) is 0 Å². The molecule has 0 unspecified atom stereocenters. The minimum absolute atomic E-state index is 0.308. The van der Waals surface area contributed by atoms with Crippen molar-refractivity contribution in [3.63, 3.8) is 0 Å². The van der Waals surface area contributed by atoms with Crippen LogP contribution in [0.3, 0.4) is 0 Å². The Balaban J connectivity index is 1.73. The fraction of sp³-hybridized carbons (Fsp3) is 0.259. The van der Waals surface area contributed by atoms with Crippen LogP contribution in [0.4, 0.5) is 0 Å². The van der Waals surface area contributed by atoms with Crippen LogP contribution < -0.4 is 0 Å². The van der Waals surface area contributed by atoms with Crippen LogP contribution in [0.15, 0.2) is 72.8 Å². The number of phenolic OH excluding ortho intramolecular Hbond substituents is 1. The Kier molecular flexibility index (Phi) is 5.34. The summed E-state index contributed by atoms with van der Waals surface area (Å²) in [4.78, 5) is 0. The average molecular weight is 369 g/mol. The summed E-state index contributed by atoms with van der Waals surface area (Å²) in [7, 11) is 0. The van der Waals surface area contributed by atoms with E-state index < -0.39 is 0 Å². The number of hydrogen-bond acceptors (Lipinski definition) is 1. The fourth-order valence-corrected chi connectivity index (χ4v) is 4.27. The molecule has 1 N–H and O–H groups in total.